The van der Waals surface area contributed by atoms with Crippen molar-refractivity contribution >= 4 is 21.5 Å². The summed E-state index contributed by atoms with van der Waals surface area (Å²) in [5, 5.41) is 0. The second kappa shape index (κ2) is 7.35. The zero-order chi connectivity index (χ0) is 16.0. The zero-order valence-electron chi connectivity index (χ0n) is 11.8. The van der Waals surface area contributed by atoms with E-state index in [9.17, 15) is 22.0 Å². The number of anilines is 1. The first-order chi connectivity index (χ1) is 9.78. The van der Waals surface area contributed by atoms with Crippen LogP contribution in [0.15, 0.2) is 29.2 Å². The standard InChI is InChI=1S/C13H17F2NO4S/c1-3-20-12(17)8-9-16(2)10-4-6-11(7-5-10)21(18,19)13(14)15/h4-7,13H,3,8-9H2,1-2H3. The molecule has 0 aliphatic heterocycles. The number of carbonyl (C=O) groups is 1. The maximum Gasteiger partial charge on any atom is 0.341 e. The number of sulfone groups is 1. The minimum absolute atomic E-state index is 0.182. The van der Waals surface area contributed by atoms with Crippen molar-refractivity contribution in [3.8, 4) is 0 Å². The third-order valence-corrected chi connectivity index (χ3v) is 4.20. The van der Waals surface area contributed by atoms with Crippen LogP contribution in [0.2, 0.25) is 0 Å². The van der Waals surface area contributed by atoms with Gasteiger partial charge < -0.3 is 9.64 Å². The SMILES string of the molecule is CCOC(=O)CCN(C)c1ccc(S(=O)(=O)C(F)F)cc1. The fraction of sp³-hybridized carbons (Fsp3) is 0.462. The van der Waals surface area contributed by atoms with Gasteiger partial charge in [0.15, 0.2) is 0 Å². The molecule has 1 aromatic carbocycles. The van der Waals surface area contributed by atoms with Crippen molar-refractivity contribution in [3.05, 3.63) is 24.3 Å². The van der Waals surface area contributed by atoms with Crippen LogP contribution in [0.3, 0.4) is 0 Å². The van der Waals surface area contributed by atoms with E-state index in [1.807, 2.05) is 0 Å². The molecule has 0 heterocycles. The van der Waals surface area contributed by atoms with Crippen molar-refractivity contribution in [2.24, 2.45) is 0 Å². The summed E-state index contributed by atoms with van der Waals surface area (Å²) in [7, 11) is -2.87. The minimum Gasteiger partial charge on any atom is -0.466 e. The van der Waals surface area contributed by atoms with E-state index in [2.05, 4.69) is 0 Å². The number of alkyl halides is 2. The van der Waals surface area contributed by atoms with Gasteiger partial charge in [-0.2, -0.15) is 8.78 Å². The molecule has 0 fully saturated rings. The number of carbonyl (C=O) groups excluding carboxylic acids is 1. The first kappa shape index (κ1) is 17.4. The van der Waals surface area contributed by atoms with Gasteiger partial charge in [0.1, 0.15) is 0 Å². The van der Waals surface area contributed by atoms with E-state index in [-0.39, 0.29) is 12.4 Å². The highest BCUT2D eigenvalue weighted by atomic mass is 32.2. The second-order valence-corrected chi connectivity index (χ2v) is 6.19. The molecule has 0 aliphatic rings. The molecule has 0 saturated heterocycles. The molecule has 21 heavy (non-hydrogen) atoms. The van der Waals surface area contributed by atoms with Crippen LogP contribution in [0.4, 0.5) is 14.5 Å². The monoisotopic (exact) mass is 321 g/mol. The van der Waals surface area contributed by atoms with Crippen LogP contribution in [-0.2, 0) is 19.4 Å². The average molecular weight is 321 g/mol. The third-order valence-electron chi connectivity index (χ3n) is 2.80. The Bertz CT molecular complexity index is 572. The van der Waals surface area contributed by atoms with Gasteiger partial charge in [-0.25, -0.2) is 8.42 Å². The van der Waals surface area contributed by atoms with Gasteiger partial charge in [0.05, 0.1) is 17.9 Å². The van der Waals surface area contributed by atoms with Gasteiger partial charge in [-0.3, -0.25) is 4.79 Å². The minimum atomic E-state index is -4.58. The summed E-state index contributed by atoms with van der Waals surface area (Å²) in [6.07, 6.45) is 0.182. The molecule has 0 unspecified atom stereocenters. The normalized spacial score (nSPS) is 11.5. The highest BCUT2D eigenvalue weighted by Crippen LogP contribution is 2.21. The van der Waals surface area contributed by atoms with Crippen LogP contribution in [0.25, 0.3) is 0 Å². The molecule has 0 bridgehead atoms. The maximum atomic E-state index is 12.4. The van der Waals surface area contributed by atoms with E-state index in [4.69, 9.17) is 4.74 Å². The fourth-order valence-electron chi connectivity index (χ4n) is 1.61. The number of hydrogen-bond donors (Lipinski definition) is 0. The summed E-state index contributed by atoms with van der Waals surface area (Å²) < 4.78 is 52.1. The summed E-state index contributed by atoms with van der Waals surface area (Å²) in [4.78, 5) is 12.5. The Kier molecular flexibility index (Phi) is 6.07. The third kappa shape index (κ3) is 4.66. The van der Waals surface area contributed by atoms with Crippen molar-refractivity contribution in [2.45, 2.75) is 24.0 Å². The summed E-state index contributed by atoms with van der Waals surface area (Å²) in [6, 6.07) is 5.08. The Morgan fingerprint density at radius 2 is 1.86 bits per heavy atom. The molecule has 0 amide bonds. The molecule has 0 atom stereocenters. The molecule has 0 radical (unpaired) electrons. The van der Waals surface area contributed by atoms with Gasteiger partial charge in [0, 0.05) is 19.3 Å². The molecular formula is C13H17F2NO4S. The van der Waals surface area contributed by atoms with Crippen LogP contribution in [-0.4, -0.2) is 40.3 Å². The number of esters is 1. The number of rotatable bonds is 7. The molecule has 8 heteroatoms. The molecule has 0 saturated carbocycles. The van der Waals surface area contributed by atoms with Gasteiger partial charge in [-0.15, -0.1) is 0 Å². The first-order valence-corrected chi connectivity index (χ1v) is 7.82. The summed E-state index contributed by atoms with van der Waals surface area (Å²) in [5.74, 6) is -3.77. The maximum absolute atomic E-state index is 12.4. The smallest absolute Gasteiger partial charge is 0.341 e. The Labute approximate surface area is 122 Å². The van der Waals surface area contributed by atoms with Crippen molar-refractivity contribution in [2.75, 3.05) is 25.1 Å². The summed E-state index contributed by atoms with van der Waals surface area (Å²) in [6.45, 7) is 2.40. The van der Waals surface area contributed by atoms with Crippen molar-refractivity contribution in [1.29, 1.82) is 0 Å². The fourth-order valence-corrected chi connectivity index (χ4v) is 2.34. The lowest BCUT2D eigenvalue weighted by Crippen LogP contribution is -2.22. The molecule has 1 aromatic rings. The van der Waals surface area contributed by atoms with Gasteiger partial charge in [-0.05, 0) is 31.2 Å². The lowest BCUT2D eigenvalue weighted by molar-refractivity contribution is -0.142. The number of benzene rings is 1. The number of halogens is 2. The number of ether oxygens (including phenoxy) is 1. The van der Waals surface area contributed by atoms with E-state index in [0.717, 1.165) is 12.1 Å². The summed E-state index contributed by atoms with van der Waals surface area (Å²) in [5.41, 5.74) is 0.618. The van der Waals surface area contributed by atoms with Gasteiger partial charge >= 0.3 is 11.7 Å². The van der Waals surface area contributed by atoms with Crippen LogP contribution in [0, 0.1) is 0 Å². The summed E-state index contributed by atoms with van der Waals surface area (Å²) >= 11 is 0. The number of hydrogen-bond acceptors (Lipinski definition) is 5. The van der Waals surface area contributed by atoms with Crippen LogP contribution < -0.4 is 4.90 Å². The Morgan fingerprint density at radius 3 is 2.33 bits per heavy atom. The Morgan fingerprint density at radius 1 is 1.29 bits per heavy atom. The quantitative estimate of drug-likeness (QED) is 0.720. The predicted molar refractivity (Wildman–Crippen MR) is 74.2 cm³/mol. The molecule has 1 rings (SSSR count). The lowest BCUT2D eigenvalue weighted by Gasteiger charge is -2.19. The molecular weight excluding hydrogens is 304 g/mol. The van der Waals surface area contributed by atoms with Crippen LogP contribution in [0.1, 0.15) is 13.3 Å². The highest BCUT2D eigenvalue weighted by Gasteiger charge is 2.26. The predicted octanol–water partition coefficient (Wildman–Crippen LogP) is 2.07. The van der Waals surface area contributed by atoms with Crippen molar-refractivity contribution in [3.63, 3.8) is 0 Å². The molecule has 0 aromatic heterocycles. The second-order valence-electron chi connectivity index (χ2n) is 4.28. The van der Waals surface area contributed by atoms with Crippen molar-refractivity contribution < 1.29 is 26.7 Å². The van der Waals surface area contributed by atoms with Crippen molar-refractivity contribution in [1.82, 2.24) is 0 Å². The molecule has 0 aliphatic carbocycles. The van der Waals surface area contributed by atoms with Gasteiger partial charge in [0.25, 0.3) is 0 Å². The topological polar surface area (TPSA) is 63.7 Å². The molecule has 5 nitrogen and oxygen atoms in total. The lowest BCUT2D eigenvalue weighted by atomic mass is 10.3. The largest absolute Gasteiger partial charge is 0.466 e. The molecule has 118 valence electrons. The van der Waals surface area contributed by atoms with E-state index < -0.39 is 20.5 Å². The van der Waals surface area contributed by atoms with Gasteiger partial charge in [0.2, 0.25) is 9.84 Å². The first-order valence-electron chi connectivity index (χ1n) is 6.28. The van der Waals surface area contributed by atoms with E-state index in [0.29, 0.717) is 18.8 Å². The van der Waals surface area contributed by atoms with E-state index in [1.165, 1.54) is 12.1 Å². The zero-order valence-corrected chi connectivity index (χ0v) is 12.6. The average Bonchev–Trinajstić information content (AvgIpc) is 2.45. The van der Waals surface area contributed by atoms with E-state index >= 15 is 0 Å². The van der Waals surface area contributed by atoms with Crippen LogP contribution >= 0.6 is 0 Å². The van der Waals surface area contributed by atoms with Gasteiger partial charge in [-0.1, -0.05) is 0 Å². The molecule has 0 N–H and O–H groups in total. The Balaban J connectivity index is 2.72. The Hall–Kier alpha value is -1.70. The molecule has 0 spiro atoms. The van der Waals surface area contributed by atoms with Crippen LogP contribution in [0.5, 0.6) is 0 Å². The van der Waals surface area contributed by atoms with E-state index in [1.54, 1.807) is 18.9 Å². The highest BCUT2D eigenvalue weighted by molar-refractivity contribution is 7.91. The number of nitrogens with zero attached hydrogens (tertiary/aromatic N) is 1.